The average Bonchev–Trinajstić information content (AvgIpc) is 2.41. The highest BCUT2D eigenvalue weighted by Gasteiger charge is 2.34. The lowest BCUT2D eigenvalue weighted by Gasteiger charge is -2.12. The van der Waals surface area contributed by atoms with Crippen LogP contribution in [0, 0.1) is 23.3 Å². The lowest BCUT2D eigenvalue weighted by molar-refractivity contribution is -0.276. The van der Waals surface area contributed by atoms with Gasteiger partial charge >= 0.3 is 6.36 Å². The summed E-state index contributed by atoms with van der Waals surface area (Å²) in [5.41, 5.74) is -1.74. The van der Waals surface area contributed by atoms with Crippen LogP contribution in [0.25, 0.3) is 11.1 Å². The van der Waals surface area contributed by atoms with Crippen LogP contribution in [-0.2, 0) is 0 Å². The Kier molecular flexibility index (Phi) is 4.35. The van der Waals surface area contributed by atoms with E-state index in [2.05, 4.69) is 9.68 Å². The van der Waals surface area contributed by atoms with Crippen molar-refractivity contribution < 1.29 is 44.9 Å². The summed E-state index contributed by atoms with van der Waals surface area (Å²) in [6, 6.07) is 1.24. The number of benzene rings is 2. The zero-order valence-electron chi connectivity index (χ0n) is 10.6. The van der Waals surface area contributed by atoms with Gasteiger partial charge in [-0.2, -0.15) is 0 Å². The molecule has 0 aliphatic heterocycles. The van der Waals surface area contributed by atoms with Crippen LogP contribution in [0.1, 0.15) is 0 Å². The first-order valence-corrected chi connectivity index (χ1v) is 5.65. The Labute approximate surface area is 122 Å². The van der Waals surface area contributed by atoms with Crippen molar-refractivity contribution in [3.8, 4) is 22.6 Å². The minimum Gasteiger partial charge on any atom is -0.399 e. The molecule has 0 amide bonds. The SMILES string of the molecule is FOc1cc(F)c(-c2cc(F)c(OC(F)(F)F)c(F)c2)c(F)c1. The highest BCUT2D eigenvalue weighted by atomic mass is 19.4. The van der Waals surface area contributed by atoms with Crippen LogP contribution < -0.4 is 9.68 Å². The first-order valence-electron chi connectivity index (χ1n) is 5.65. The fraction of sp³-hybridized carbons (Fsp3) is 0.0769. The molecule has 0 saturated carbocycles. The van der Waals surface area contributed by atoms with Crippen molar-refractivity contribution in [1.29, 1.82) is 0 Å². The smallest absolute Gasteiger partial charge is 0.399 e. The topological polar surface area (TPSA) is 18.5 Å². The Balaban J connectivity index is 2.55. The van der Waals surface area contributed by atoms with Gasteiger partial charge in [0.25, 0.3) is 0 Å². The zero-order valence-corrected chi connectivity index (χ0v) is 10.6. The monoisotopic (exact) mass is 344 g/mol. The molecule has 0 aromatic heterocycles. The van der Waals surface area contributed by atoms with Crippen LogP contribution in [0.15, 0.2) is 24.3 Å². The lowest BCUT2D eigenvalue weighted by Crippen LogP contribution is -2.19. The molecule has 0 saturated heterocycles. The molecule has 2 aromatic rings. The second-order valence-corrected chi connectivity index (χ2v) is 4.16. The third-order valence-electron chi connectivity index (χ3n) is 2.61. The van der Waals surface area contributed by atoms with Crippen LogP contribution in [0.2, 0.25) is 0 Å². The summed E-state index contributed by atoms with van der Waals surface area (Å²) in [7, 11) is 0. The molecule has 124 valence electrons. The summed E-state index contributed by atoms with van der Waals surface area (Å²) in [6.07, 6.45) is -5.36. The first-order chi connectivity index (χ1) is 10.6. The van der Waals surface area contributed by atoms with Gasteiger partial charge in [0, 0.05) is 16.7 Å². The summed E-state index contributed by atoms with van der Waals surface area (Å²) in [6.45, 7) is 0. The molecule has 0 aliphatic rings. The van der Waals surface area contributed by atoms with Crippen LogP contribution >= 0.6 is 0 Å². The van der Waals surface area contributed by atoms with Gasteiger partial charge in [0.1, 0.15) is 11.6 Å². The van der Waals surface area contributed by atoms with Gasteiger partial charge in [0.05, 0.1) is 5.56 Å². The fourth-order valence-corrected chi connectivity index (χ4v) is 1.79. The standard InChI is InChI=1S/C13H4F8O2/c14-7-3-6(23-21)4-8(15)11(7)5-1-9(16)12(10(17)2-5)22-13(18,19)20/h1-4H. The zero-order chi connectivity index (χ0) is 17.4. The van der Waals surface area contributed by atoms with Gasteiger partial charge in [-0.15, -0.1) is 13.2 Å². The van der Waals surface area contributed by atoms with E-state index in [0.717, 1.165) is 0 Å². The van der Waals surface area contributed by atoms with Gasteiger partial charge in [-0.05, 0) is 17.7 Å². The molecule has 0 radical (unpaired) electrons. The molecule has 0 bridgehead atoms. The van der Waals surface area contributed by atoms with Crippen molar-refractivity contribution in [2.24, 2.45) is 0 Å². The molecule has 0 spiro atoms. The molecular weight excluding hydrogens is 340 g/mol. The third-order valence-corrected chi connectivity index (χ3v) is 2.61. The summed E-state index contributed by atoms with van der Waals surface area (Å²) in [5, 5.41) is 0. The van der Waals surface area contributed by atoms with Gasteiger partial charge in [-0.25, -0.2) is 17.6 Å². The van der Waals surface area contributed by atoms with Gasteiger partial charge in [0.15, 0.2) is 17.4 Å². The van der Waals surface area contributed by atoms with E-state index in [0.29, 0.717) is 12.1 Å². The average molecular weight is 344 g/mol. The molecule has 0 N–H and O–H groups in total. The van der Waals surface area contributed by atoms with E-state index < -0.39 is 52.3 Å². The molecule has 2 aromatic carbocycles. The van der Waals surface area contributed by atoms with Gasteiger partial charge in [0.2, 0.25) is 5.75 Å². The van der Waals surface area contributed by atoms with Crippen molar-refractivity contribution in [3.63, 3.8) is 0 Å². The first kappa shape index (κ1) is 16.8. The maximum Gasteiger partial charge on any atom is 0.573 e. The molecule has 10 heteroatoms. The van der Waals surface area contributed by atoms with E-state index in [1.807, 2.05) is 0 Å². The van der Waals surface area contributed by atoms with Gasteiger partial charge in [-0.1, -0.05) is 0 Å². The number of hydrogen-bond donors (Lipinski definition) is 0. The molecule has 23 heavy (non-hydrogen) atoms. The van der Waals surface area contributed by atoms with Crippen LogP contribution in [0.5, 0.6) is 11.5 Å². The lowest BCUT2D eigenvalue weighted by atomic mass is 10.0. The number of hydrogen-bond acceptors (Lipinski definition) is 2. The summed E-state index contributed by atoms with van der Waals surface area (Å²) < 4.78 is 105. The summed E-state index contributed by atoms with van der Waals surface area (Å²) in [5.74, 6) is -9.17. The van der Waals surface area contributed by atoms with Crippen LogP contribution in [-0.4, -0.2) is 6.36 Å². The summed E-state index contributed by atoms with van der Waals surface area (Å²) in [4.78, 5) is 3.11. The van der Waals surface area contributed by atoms with E-state index >= 15 is 0 Å². The normalized spacial score (nSPS) is 11.5. The van der Waals surface area contributed by atoms with Crippen molar-refractivity contribution in [1.82, 2.24) is 0 Å². The molecular formula is C13H4F8O2. The van der Waals surface area contributed by atoms with E-state index in [1.54, 1.807) is 0 Å². The van der Waals surface area contributed by atoms with E-state index in [4.69, 9.17) is 0 Å². The highest BCUT2D eigenvalue weighted by molar-refractivity contribution is 5.67. The van der Waals surface area contributed by atoms with Gasteiger partial charge in [-0.3, -0.25) is 4.94 Å². The van der Waals surface area contributed by atoms with Crippen molar-refractivity contribution >= 4 is 0 Å². The molecule has 2 rings (SSSR count). The second-order valence-electron chi connectivity index (χ2n) is 4.16. The van der Waals surface area contributed by atoms with Crippen molar-refractivity contribution in [2.75, 3.05) is 0 Å². The van der Waals surface area contributed by atoms with Crippen LogP contribution in [0.3, 0.4) is 0 Å². The minimum atomic E-state index is -5.36. The fourth-order valence-electron chi connectivity index (χ4n) is 1.79. The quantitative estimate of drug-likeness (QED) is 0.724. The van der Waals surface area contributed by atoms with Crippen molar-refractivity contribution in [2.45, 2.75) is 6.36 Å². The van der Waals surface area contributed by atoms with Crippen molar-refractivity contribution in [3.05, 3.63) is 47.5 Å². The minimum absolute atomic E-state index is 0.238. The maximum atomic E-state index is 13.7. The Morgan fingerprint density at radius 3 is 1.61 bits per heavy atom. The number of ether oxygens (including phenoxy) is 1. The Morgan fingerprint density at radius 1 is 0.739 bits per heavy atom. The highest BCUT2D eigenvalue weighted by Crippen LogP contribution is 2.35. The van der Waals surface area contributed by atoms with Crippen LogP contribution in [0.4, 0.5) is 35.3 Å². The van der Waals surface area contributed by atoms with E-state index in [1.165, 1.54) is 0 Å². The Bertz CT molecular complexity index is 695. The second kappa shape index (κ2) is 5.94. The maximum absolute atomic E-state index is 13.7. The molecule has 0 fully saturated rings. The number of rotatable bonds is 3. The number of halogens is 8. The van der Waals surface area contributed by atoms with E-state index in [-0.39, 0.29) is 12.1 Å². The predicted molar refractivity (Wildman–Crippen MR) is 60.1 cm³/mol. The van der Waals surface area contributed by atoms with E-state index in [9.17, 15) is 35.3 Å². The molecule has 0 unspecified atom stereocenters. The Hall–Kier alpha value is -2.52. The molecule has 0 aliphatic carbocycles. The molecule has 0 heterocycles. The number of alkyl halides is 3. The molecule has 0 atom stereocenters. The van der Waals surface area contributed by atoms with Gasteiger partial charge < -0.3 is 4.74 Å². The third kappa shape index (κ3) is 3.63. The molecule has 2 nitrogen and oxygen atoms in total. The Morgan fingerprint density at radius 2 is 1.22 bits per heavy atom. The predicted octanol–water partition coefficient (Wildman–Crippen LogP) is 5.07. The largest absolute Gasteiger partial charge is 0.573 e. The summed E-state index contributed by atoms with van der Waals surface area (Å²) >= 11 is 0.